The SMILES string of the molecule is CC(=O)OCOC(=O)c1ccc(C(=O)N/N=C\c2cnc[nH]2)cc1-n1c(C)ccc1C. The molecule has 1 amide bonds. The van der Waals surface area contributed by atoms with Gasteiger partial charge in [-0.05, 0) is 44.2 Å². The molecule has 1 aromatic carbocycles. The molecule has 0 aliphatic rings. The van der Waals surface area contributed by atoms with E-state index >= 15 is 0 Å². The Morgan fingerprint density at radius 3 is 2.55 bits per heavy atom. The molecule has 10 heteroatoms. The summed E-state index contributed by atoms with van der Waals surface area (Å²) in [6, 6.07) is 8.33. The van der Waals surface area contributed by atoms with Crippen molar-refractivity contribution in [2.75, 3.05) is 6.79 Å². The molecule has 0 saturated heterocycles. The number of carbonyl (C=O) groups excluding carboxylic acids is 3. The maximum absolute atomic E-state index is 12.6. The van der Waals surface area contributed by atoms with Crippen molar-refractivity contribution in [3.63, 3.8) is 0 Å². The van der Waals surface area contributed by atoms with Gasteiger partial charge in [0.25, 0.3) is 5.91 Å². The van der Waals surface area contributed by atoms with Gasteiger partial charge in [0.05, 0.1) is 35.7 Å². The molecule has 160 valence electrons. The second-order valence-corrected chi connectivity index (χ2v) is 6.58. The topological polar surface area (TPSA) is 128 Å². The average molecular weight is 423 g/mol. The first-order chi connectivity index (χ1) is 14.9. The first-order valence-corrected chi connectivity index (χ1v) is 9.28. The van der Waals surface area contributed by atoms with Gasteiger partial charge in [0.2, 0.25) is 6.79 Å². The molecule has 3 aromatic rings. The molecule has 0 spiro atoms. The number of hydrazone groups is 1. The zero-order valence-corrected chi connectivity index (χ0v) is 17.2. The van der Waals surface area contributed by atoms with Gasteiger partial charge in [-0.25, -0.2) is 15.2 Å². The first kappa shape index (κ1) is 21.5. The number of amides is 1. The number of carbonyl (C=O) groups is 3. The highest BCUT2D eigenvalue weighted by Gasteiger charge is 2.19. The Labute approximate surface area is 177 Å². The fraction of sp³-hybridized carbons (Fsp3) is 0.190. The maximum atomic E-state index is 12.6. The quantitative estimate of drug-likeness (QED) is 0.260. The monoisotopic (exact) mass is 423 g/mol. The van der Waals surface area contributed by atoms with Gasteiger partial charge in [-0.15, -0.1) is 0 Å². The van der Waals surface area contributed by atoms with Crippen molar-refractivity contribution in [3.8, 4) is 5.69 Å². The summed E-state index contributed by atoms with van der Waals surface area (Å²) in [4.78, 5) is 42.7. The largest absolute Gasteiger partial charge is 0.428 e. The predicted molar refractivity (Wildman–Crippen MR) is 111 cm³/mol. The number of imidazole rings is 1. The lowest BCUT2D eigenvalue weighted by atomic mass is 10.1. The third-order valence-corrected chi connectivity index (χ3v) is 4.33. The highest BCUT2D eigenvalue weighted by atomic mass is 16.7. The van der Waals surface area contributed by atoms with Crippen LogP contribution in [0.4, 0.5) is 0 Å². The lowest BCUT2D eigenvalue weighted by molar-refractivity contribution is -0.149. The van der Waals surface area contributed by atoms with E-state index in [2.05, 4.69) is 25.2 Å². The number of ether oxygens (including phenoxy) is 2. The van der Waals surface area contributed by atoms with Gasteiger partial charge in [-0.2, -0.15) is 5.10 Å². The Kier molecular flexibility index (Phi) is 6.61. The van der Waals surface area contributed by atoms with E-state index in [1.807, 2.05) is 30.5 Å². The molecule has 2 N–H and O–H groups in total. The molecule has 31 heavy (non-hydrogen) atoms. The van der Waals surface area contributed by atoms with Crippen molar-refractivity contribution < 1.29 is 23.9 Å². The van der Waals surface area contributed by atoms with Crippen LogP contribution in [0.25, 0.3) is 5.69 Å². The van der Waals surface area contributed by atoms with Crippen LogP contribution in [-0.4, -0.2) is 45.4 Å². The van der Waals surface area contributed by atoms with Gasteiger partial charge in [0.1, 0.15) is 0 Å². The smallest absolute Gasteiger partial charge is 0.343 e. The van der Waals surface area contributed by atoms with Gasteiger partial charge < -0.3 is 19.0 Å². The number of H-pyrrole nitrogens is 1. The minimum absolute atomic E-state index is 0.215. The van der Waals surface area contributed by atoms with Gasteiger partial charge in [0, 0.05) is 23.9 Å². The molecule has 0 aliphatic carbocycles. The van der Waals surface area contributed by atoms with Gasteiger partial charge in [-0.1, -0.05) is 0 Å². The molecule has 0 aliphatic heterocycles. The second kappa shape index (κ2) is 9.53. The van der Waals surface area contributed by atoms with Crippen LogP contribution in [0.2, 0.25) is 0 Å². The Bertz CT molecular complexity index is 1110. The van der Waals surface area contributed by atoms with Crippen LogP contribution in [0.3, 0.4) is 0 Å². The Balaban J connectivity index is 1.89. The molecule has 0 bridgehead atoms. The van der Waals surface area contributed by atoms with E-state index in [1.165, 1.54) is 31.6 Å². The third kappa shape index (κ3) is 5.24. The first-order valence-electron chi connectivity index (χ1n) is 9.28. The molecule has 2 aromatic heterocycles. The number of rotatable bonds is 7. The molecule has 0 fully saturated rings. The summed E-state index contributed by atoms with van der Waals surface area (Å²) in [6.45, 7) is 4.47. The number of aromatic nitrogens is 3. The number of hydrogen-bond acceptors (Lipinski definition) is 7. The van der Waals surface area contributed by atoms with E-state index in [1.54, 1.807) is 12.3 Å². The molecule has 3 rings (SSSR count). The molecule has 0 radical (unpaired) electrons. The summed E-state index contributed by atoms with van der Waals surface area (Å²) in [5.41, 5.74) is 5.75. The zero-order chi connectivity index (χ0) is 22.4. The summed E-state index contributed by atoms with van der Waals surface area (Å²) in [5.74, 6) is -1.71. The van der Waals surface area contributed by atoms with Crippen LogP contribution in [0.1, 0.15) is 44.7 Å². The van der Waals surface area contributed by atoms with Crippen molar-refractivity contribution in [1.29, 1.82) is 0 Å². The average Bonchev–Trinajstić information content (AvgIpc) is 3.36. The van der Waals surface area contributed by atoms with E-state index in [0.717, 1.165) is 11.4 Å². The Morgan fingerprint density at radius 2 is 1.90 bits per heavy atom. The molecule has 10 nitrogen and oxygen atoms in total. The molecular weight excluding hydrogens is 402 g/mol. The lowest BCUT2D eigenvalue weighted by Crippen LogP contribution is -2.20. The van der Waals surface area contributed by atoms with Crippen LogP contribution in [0.5, 0.6) is 0 Å². The van der Waals surface area contributed by atoms with Crippen molar-refractivity contribution in [2.24, 2.45) is 5.10 Å². The summed E-state index contributed by atoms with van der Waals surface area (Å²) in [5, 5.41) is 3.89. The number of benzene rings is 1. The fourth-order valence-corrected chi connectivity index (χ4v) is 2.88. The van der Waals surface area contributed by atoms with E-state index in [-0.39, 0.29) is 5.56 Å². The molecule has 0 atom stereocenters. The fourth-order valence-electron chi connectivity index (χ4n) is 2.88. The molecule has 0 saturated carbocycles. The van der Waals surface area contributed by atoms with Crippen molar-refractivity contribution in [3.05, 3.63) is 71.1 Å². The number of aryl methyl sites for hydroxylation is 2. The van der Waals surface area contributed by atoms with Crippen LogP contribution in [0.15, 0.2) is 48.0 Å². The Morgan fingerprint density at radius 1 is 1.16 bits per heavy atom. The maximum Gasteiger partial charge on any atom is 0.343 e. The third-order valence-electron chi connectivity index (χ3n) is 4.33. The number of nitrogens with zero attached hydrogens (tertiary/aromatic N) is 3. The van der Waals surface area contributed by atoms with Crippen LogP contribution in [0, 0.1) is 13.8 Å². The summed E-state index contributed by atoms with van der Waals surface area (Å²) < 4.78 is 11.5. The van der Waals surface area contributed by atoms with Crippen molar-refractivity contribution in [2.45, 2.75) is 20.8 Å². The highest BCUT2D eigenvalue weighted by Crippen LogP contribution is 2.23. The van der Waals surface area contributed by atoms with Crippen LogP contribution < -0.4 is 5.43 Å². The van der Waals surface area contributed by atoms with E-state index in [4.69, 9.17) is 4.74 Å². The van der Waals surface area contributed by atoms with Gasteiger partial charge in [0.15, 0.2) is 0 Å². The Hall–Kier alpha value is -4.21. The standard InChI is InChI=1S/C21H21N5O5/c1-13-4-5-14(2)26(13)19-8-16(20(28)25-24-10-17-9-22-11-23-17)6-7-18(19)21(29)31-12-30-15(3)27/h4-11H,12H2,1-3H3,(H,22,23)(H,25,28)/b24-10-. The predicted octanol–water partition coefficient (Wildman–Crippen LogP) is 2.26. The number of esters is 2. The van der Waals surface area contributed by atoms with Crippen molar-refractivity contribution in [1.82, 2.24) is 20.0 Å². The normalized spacial score (nSPS) is 10.8. The van der Waals surface area contributed by atoms with E-state index < -0.39 is 24.6 Å². The summed E-state index contributed by atoms with van der Waals surface area (Å²) in [6.07, 6.45) is 4.48. The number of hydrogen-bond donors (Lipinski definition) is 2. The van der Waals surface area contributed by atoms with Crippen LogP contribution in [-0.2, 0) is 14.3 Å². The lowest BCUT2D eigenvalue weighted by Gasteiger charge is -2.15. The summed E-state index contributed by atoms with van der Waals surface area (Å²) in [7, 11) is 0. The number of aromatic amines is 1. The van der Waals surface area contributed by atoms with Gasteiger partial charge >= 0.3 is 11.9 Å². The van der Waals surface area contributed by atoms with E-state index in [0.29, 0.717) is 16.9 Å². The molecule has 2 heterocycles. The minimum Gasteiger partial charge on any atom is -0.428 e. The zero-order valence-electron chi connectivity index (χ0n) is 17.2. The molecule has 0 unspecified atom stereocenters. The molecular formula is C21H21N5O5. The second-order valence-electron chi connectivity index (χ2n) is 6.58. The minimum atomic E-state index is -0.687. The highest BCUT2D eigenvalue weighted by molar-refractivity contribution is 5.99. The van der Waals surface area contributed by atoms with Crippen molar-refractivity contribution >= 4 is 24.1 Å². The van der Waals surface area contributed by atoms with Crippen LogP contribution >= 0.6 is 0 Å². The summed E-state index contributed by atoms with van der Waals surface area (Å²) >= 11 is 0. The number of nitrogens with one attached hydrogen (secondary N) is 2. The van der Waals surface area contributed by atoms with Gasteiger partial charge in [-0.3, -0.25) is 9.59 Å². The van der Waals surface area contributed by atoms with E-state index in [9.17, 15) is 14.4 Å².